The molecule has 2 amide bonds. The molecule has 8 nitrogen and oxygen atoms in total. The van der Waals surface area contributed by atoms with Crippen LogP contribution in [0, 0.1) is 11.8 Å². The van der Waals surface area contributed by atoms with Gasteiger partial charge in [-0.3, -0.25) is 19.5 Å². The number of pyridine rings is 1. The van der Waals surface area contributed by atoms with Crippen molar-refractivity contribution >= 4 is 11.8 Å². The summed E-state index contributed by atoms with van der Waals surface area (Å²) < 4.78 is 11.2. The molecule has 0 unspecified atom stereocenters. The van der Waals surface area contributed by atoms with E-state index in [1.165, 1.54) is 0 Å². The number of nitrogens with zero attached hydrogens (tertiary/aromatic N) is 3. The highest BCUT2D eigenvalue weighted by Gasteiger charge is 2.32. The van der Waals surface area contributed by atoms with Gasteiger partial charge in [0.05, 0.1) is 13.2 Å². The fourth-order valence-electron chi connectivity index (χ4n) is 4.92. The molecule has 0 radical (unpaired) electrons. The zero-order valence-electron chi connectivity index (χ0n) is 21.0. The Balaban J connectivity index is 1.52. The van der Waals surface area contributed by atoms with E-state index in [1.54, 1.807) is 13.3 Å². The van der Waals surface area contributed by atoms with E-state index in [9.17, 15) is 9.59 Å². The van der Waals surface area contributed by atoms with Gasteiger partial charge in [0.25, 0.3) is 0 Å². The van der Waals surface area contributed by atoms with Crippen molar-refractivity contribution in [2.24, 2.45) is 11.8 Å². The lowest BCUT2D eigenvalue weighted by molar-refractivity contribution is -0.135. The van der Waals surface area contributed by atoms with Gasteiger partial charge in [0.1, 0.15) is 12.4 Å². The summed E-state index contributed by atoms with van der Waals surface area (Å²) >= 11 is 0. The fourth-order valence-corrected chi connectivity index (χ4v) is 4.92. The molecule has 1 N–H and O–H groups in total. The largest absolute Gasteiger partial charge is 0.489 e. The van der Waals surface area contributed by atoms with Crippen LogP contribution in [-0.2, 0) is 27.4 Å². The molecular weight excluding hydrogens is 456 g/mol. The molecule has 0 aliphatic carbocycles. The number of carbonyl (C=O) groups is 2. The highest BCUT2D eigenvalue weighted by Crippen LogP contribution is 2.29. The third-order valence-corrected chi connectivity index (χ3v) is 6.81. The van der Waals surface area contributed by atoms with Crippen LogP contribution in [0.5, 0.6) is 5.75 Å². The number of para-hydroxylation sites is 1. The minimum absolute atomic E-state index is 0.0287. The number of fused-ring (bicyclic) bond motifs is 3. The van der Waals surface area contributed by atoms with E-state index >= 15 is 0 Å². The lowest BCUT2D eigenvalue weighted by Crippen LogP contribution is -2.47. The number of benzene rings is 1. The van der Waals surface area contributed by atoms with E-state index in [0.29, 0.717) is 58.9 Å². The summed E-state index contributed by atoms with van der Waals surface area (Å²) in [6, 6.07) is 11.9. The highest BCUT2D eigenvalue weighted by atomic mass is 16.5. The summed E-state index contributed by atoms with van der Waals surface area (Å²) in [5, 5.41) is 2.93. The molecule has 192 valence electrons. The first-order valence-electron chi connectivity index (χ1n) is 12.6. The molecule has 8 heteroatoms. The van der Waals surface area contributed by atoms with Crippen molar-refractivity contribution in [1.29, 1.82) is 0 Å². The van der Waals surface area contributed by atoms with Crippen molar-refractivity contribution in [2.45, 2.75) is 25.9 Å². The molecule has 0 saturated carbocycles. The second kappa shape index (κ2) is 13.2. The third kappa shape index (κ3) is 7.38. The predicted molar refractivity (Wildman–Crippen MR) is 137 cm³/mol. The number of methoxy groups -OCH3 is 1. The van der Waals surface area contributed by atoms with Crippen LogP contribution in [-0.4, -0.2) is 73.1 Å². The van der Waals surface area contributed by atoms with E-state index in [0.717, 1.165) is 23.3 Å². The van der Waals surface area contributed by atoms with Crippen LogP contribution in [0.3, 0.4) is 0 Å². The minimum atomic E-state index is 0.0287. The summed E-state index contributed by atoms with van der Waals surface area (Å²) in [5.41, 5.74) is 2.11. The van der Waals surface area contributed by atoms with E-state index < -0.39 is 0 Å². The Hall–Kier alpha value is -3.23. The fraction of sp³-hybridized carbons (Fsp3) is 0.464. The molecule has 1 aromatic carbocycles. The number of ether oxygens (including phenoxy) is 2. The second-order valence-electron chi connectivity index (χ2n) is 9.45. The molecule has 0 spiro atoms. The number of nitrogens with one attached hydrogen (secondary N) is 1. The van der Waals surface area contributed by atoms with Gasteiger partial charge in [-0.05, 0) is 36.0 Å². The maximum Gasteiger partial charge on any atom is 0.236 e. The van der Waals surface area contributed by atoms with E-state index in [2.05, 4.69) is 27.3 Å². The Labute approximate surface area is 213 Å². The number of piperidine rings is 1. The van der Waals surface area contributed by atoms with Gasteiger partial charge in [-0.15, -0.1) is 0 Å². The molecule has 36 heavy (non-hydrogen) atoms. The number of carbonyl (C=O) groups excluding carboxylic acids is 2. The Morgan fingerprint density at radius 3 is 2.94 bits per heavy atom. The molecule has 2 aliphatic heterocycles. The van der Waals surface area contributed by atoms with Crippen LogP contribution in [0.4, 0.5) is 0 Å². The first-order chi connectivity index (χ1) is 17.6. The first-order valence-corrected chi connectivity index (χ1v) is 12.6. The van der Waals surface area contributed by atoms with E-state index in [-0.39, 0.29) is 23.7 Å². The normalized spacial score (nSPS) is 21.8. The van der Waals surface area contributed by atoms with Crippen molar-refractivity contribution in [3.8, 4) is 5.75 Å². The smallest absolute Gasteiger partial charge is 0.236 e. The summed E-state index contributed by atoms with van der Waals surface area (Å²) in [7, 11) is 1.62. The number of hydrogen-bond donors (Lipinski definition) is 1. The molecular formula is C28H36N4O4. The van der Waals surface area contributed by atoms with Crippen LogP contribution in [0.1, 0.15) is 24.0 Å². The molecule has 4 rings (SSSR count). The summed E-state index contributed by atoms with van der Waals surface area (Å²) in [5.74, 6) is 1.24. The second-order valence-corrected chi connectivity index (χ2v) is 9.45. The Morgan fingerprint density at radius 2 is 2.11 bits per heavy atom. The molecule has 2 aliphatic rings. The summed E-state index contributed by atoms with van der Waals surface area (Å²) in [6.07, 6.45) is 8.99. The van der Waals surface area contributed by atoms with Crippen molar-refractivity contribution in [2.75, 3.05) is 46.5 Å². The van der Waals surface area contributed by atoms with Crippen LogP contribution in [0.15, 0.2) is 60.9 Å². The molecule has 1 fully saturated rings. The van der Waals surface area contributed by atoms with Gasteiger partial charge in [-0.2, -0.15) is 0 Å². The van der Waals surface area contributed by atoms with Crippen LogP contribution >= 0.6 is 0 Å². The molecule has 1 saturated heterocycles. The lowest BCUT2D eigenvalue weighted by atomic mass is 9.82. The van der Waals surface area contributed by atoms with Gasteiger partial charge < -0.3 is 19.7 Å². The SMILES string of the molecule is COCCNC(=O)C[C@@H]1CCN2C[C@@H]1/C=C\COc1ccccc1CN(Cc1cccnc1)CC2=O. The molecule has 2 bridgehead atoms. The van der Waals surface area contributed by atoms with Gasteiger partial charge in [-0.25, -0.2) is 0 Å². The molecule has 2 aromatic rings. The van der Waals surface area contributed by atoms with Crippen molar-refractivity contribution in [3.05, 3.63) is 72.1 Å². The van der Waals surface area contributed by atoms with Crippen molar-refractivity contribution in [3.63, 3.8) is 0 Å². The zero-order chi connectivity index (χ0) is 25.2. The standard InChI is InChI=1S/C28H36N4O4/c1-35-15-12-30-27(33)16-23-10-13-32-20-24(23)8-5-14-36-26-9-3-2-7-25(26)19-31(21-28(32)34)18-22-6-4-11-29-17-22/h2-9,11,17,23-24H,10,12-16,18-21H2,1H3,(H,30,33)/b8-5-/t23-,24-/m0/s1. The van der Waals surface area contributed by atoms with E-state index in [1.807, 2.05) is 47.5 Å². The maximum absolute atomic E-state index is 13.5. The van der Waals surface area contributed by atoms with E-state index in [4.69, 9.17) is 9.47 Å². The Kier molecular flexibility index (Phi) is 9.47. The highest BCUT2D eigenvalue weighted by molar-refractivity contribution is 5.79. The van der Waals surface area contributed by atoms with Gasteiger partial charge in [0.15, 0.2) is 0 Å². The molecule has 2 atom stereocenters. The predicted octanol–water partition coefficient (Wildman–Crippen LogP) is 2.65. The van der Waals surface area contributed by atoms with Crippen molar-refractivity contribution in [1.82, 2.24) is 20.1 Å². The van der Waals surface area contributed by atoms with Crippen LogP contribution in [0.2, 0.25) is 0 Å². The summed E-state index contributed by atoms with van der Waals surface area (Å²) in [6.45, 7) is 4.24. The Morgan fingerprint density at radius 1 is 1.22 bits per heavy atom. The number of aromatic nitrogens is 1. The third-order valence-electron chi connectivity index (χ3n) is 6.81. The zero-order valence-corrected chi connectivity index (χ0v) is 21.0. The van der Waals surface area contributed by atoms with Gasteiger partial charge in [0, 0.05) is 64.2 Å². The topological polar surface area (TPSA) is 84.0 Å². The number of hydrogen-bond acceptors (Lipinski definition) is 6. The van der Waals surface area contributed by atoms with Crippen LogP contribution < -0.4 is 10.1 Å². The molecule has 3 heterocycles. The average Bonchev–Trinajstić information content (AvgIpc) is 2.89. The van der Waals surface area contributed by atoms with Gasteiger partial charge >= 0.3 is 0 Å². The Bertz CT molecular complexity index is 1030. The minimum Gasteiger partial charge on any atom is -0.489 e. The van der Waals surface area contributed by atoms with Gasteiger partial charge in [0.2, 0.25) is 11.8 Å². The molecule has 1 aromatic heterocycles. The van der Waals surface area contributed by atoms with Gasteiger partial charge in [-0.1, -0.05) is 36.4 Å². The monoisotopic (exact) mass is 492 g/mol. The first kappa shape index (κ1) is 25.9. The quantitative estimate of drug-likeness (QED) is 0.473. The average molecular weight is 493 g/mol. The van der Waals surface area contributed by atoms with Crippen LogP contribution in [0.25, 0.3) is 0 Å². The number of rotatable bonds is 7. The van der Waals surface area contributed by atoms with Crippen molar-refractivity contribution < 1.29 is 19.1 Å². The maximum atomic E-state index is 13.5. The summed E-state index contributed by atoms with van der Waals surface area (Å²) in [4.78, 5) is 34.3. The number of amides is 2. The lowest BCUT2D eigenvalue weighted by Gasteiger charge is -2.38.